The third kappa shape index (κ3) is 1.73. The highest BCUT2D eigenvalue weighted by Gasteiger charge is 2.41. The number of hydrogen-bond donors (Lipinski definition) is 0. The second-order valence-electron chi connectivity index (χ2n) is 4.68. The normalized spacial score (nSPS) is 31.9. The van der Waals surface area contributed by atoms with Gasteiger partial charge in [0.05, 0.1) is 0 Å². The quantitative estimate of drug-likeness (QED) is 0.554. The van der Waals surface area contributed by atoms with Gasteiger partial charge in [0.1, 0.15) is 0 Å². The summed E-state index contributed by atoms with van der Waals surface area (Å²) in [7, 11) is 0. The first-order valence-corrected chi connectivity index (χ1v) is 5.51. The predicted molar refractivity (Wildman–Crippen MR) is 53.1 cm³/mol. The molecule has 2 rings (SSSR count). The first kappa shape index (κ1) is 8.34. The topological polar surface area (TPSA) is 0 Å². The van der Waals surface area contributed by atoms with Gasteiger partial charge in [-0.2, -0.15) is 0 Å². The van der Waals surface area contributed by atoms with Crippen LogP contribution in [0.3, 0.4) is 0 Å². The van der Waals surface area contributed by atoms with Crippen LogP contribution in [0.1, 0.15) is 51.9 Å². The van der Waals surface area contributed by atoms with Gasteiger partial charge in [0.25, 0.3) is 0 Å². The Morgan fingerprint density at radius 3 is 2.75 bits per heavy atom. The molecule has 0 N–H and O–H groups in total. The van der Waals surface area contributed by atoms with Gasteiger partial charge in [-0.25, -0.2) is 0 Å². The summed E-state index contributed by atoms with van der Waals surface area (Å²) < 4.78 is 0. The first-order chi connectivity index (χ1) is 5.85. The molecule has 0 nitrogen and oxygen atoms in total. The van der Waals surface area contributed by atoms with E-state index in [0.717, 1.165) is 11.3 Å². The Kier molecular flexibility index (Phi) is 2.25. The maximum absolute atomic E-state index is 2.47. The summed E-state index contributed by atoms with van der Waals surface area (Å²) in [6.45, 7) is 2.36. The minimum atomic E-state index is 0.798. The van der Waals surface area contributed by atoms with Crippen LogP contribution in [-0.4, -0.2) is 0 Å². The fourth-order valence-electron chi connectivity index (χ4n) is 2.49. The van der Waals surface area contributed by atoms with Crippen LogP contribution in [0.2, 0.25) is 0 Å². The maximum Gasteiger partial charge on any atom is -0.0228 e. The summed E-state index contributed by atoms with van der Waals surface area (Å²) >= 11 is 0. The Bertz CT molecular complexity index is 174. The second-order valence-corrected chi connectivity index (χ2v) is 4.68. The van der Waals surface area contributed by atoms with Crippen molar-refractivity contribution in [1.29, 1.82) is 0 Å². The van der Waals surface area contributed by atoms with E-state index >= 15 is 0 Å². The lowest BCUT2D eigenvalue weighted by Gasteiger charge is -2.21. The lowest BCUT2D eigenvalue weighted by Crippen LogP contribution is -2.08. The third-order valence-electron chi connectivity index (χ3n) is 3.76. The van der Waals surface area contributed by atoms with Crippen molar-refractivity contribution in [1.82, 2.24) is 0 Å². The highest BCUT2D eigenvalue weighted by atomic mass is 14.5. The minimum absolute atomic E-state index is 0.798. The number of rotatable bonds is 3. The van der Waals surface area contributed by atoms with Gasteiger partial charge < -0.3 is 0 Å². The van der Waals surface area contributed by atoms with E-state index in [0.29, 0.717) is 0 Å². The molecule has 0 radical (unpaired) electrons. The zero-order chi connectivity index (χ0) is 8.44. The van der Waals surface area contributed by atoms with E-state index in [1.54, 1.807) is 0 Å². The molecule has 12 heavy (non-hydrogen) atoms. The molecule has 0 amide bonds. The van der Waals surface area contributed by atoms with Crippen LogP contribution in [0.5, 0.6) is 0 Å². The fraction of sp³-hybridized carbons (Fsp3) is 0.833. The Labute approximate surface area is 76.1 Å². The molecule has 68 valence electrons. The standard InChI is InChI=1S/C12H20/c1-2-12(8-9-12)10-11-6-4-3-5-7-11/h4,6,11H,2-3,5,7-10H2,1H3. The molecule has 1 unspecified atom stereocenters. The largest absolute Gasteiger partial charge is 0.0883 e. The Morgan fingerprint density at radius 1 is 1.42 bits per heavy atom. The summed E-state index contributed by atoms with van der Waals surface area (Å²) in [5.41, 5.74) is 0.798. The van der Waals surface area contributed by atoms with Crippen molar-refractivity contribution in [2.45, 2.75) is 51.9 Å². The summed E-state index contributed by atoms with van der Waals surface area (Å²) in [6.07, 6.45) is 15.0. The van der Waals surface area contributed by atoms with Crippen molar-refractivity contribution in [3.05, 3.63) is 12.2 Å². The van der Waals surface area contributed by atoms with Gasteiger partial charge in [0.15, 0.2) is 0 Å². The first-order valence-electron chi connectivity index (χ1n) is 5.51. The third-order valence-corrected chi connectivity index (χ3v) is 3.76. The van der Waals surface area contributed by atoms with Gasteiger partial charge in [0, 0.05) is 0 Å². The molecule has 0 bridgehead atoms. The summed E-state index contributed by atoms with van der Waals surface area (Å²) in [6, 6.07) is 0. The molecule has 1 saturated carbocycles. The van der Waals surface area contributed by atoms with Crippen molar-refractivity contribution < 1.29 is 0 Å². The van der Waals surface area contributed by atoms with Crippen LogP contribution in [0.15, 0.2) is 12.2 Å². The van der Waals surface area contributed by atoms with Gasteiger partial charge in [0.2, 0.25) is 0 Å². The van der Waals surface area contributed by atoms with E-state index in [1.165, 1.54) is 44.9 Å². The Balaban J connectivity index is 1.85. The van der Waals surface area contributed by atoms with Crippen LogP contribution < -0.4 is 0 Å². The highest BCUT2D eigenvalue weighted by molar-refractivity contribution is 5.00. The van der Waals surface area contributed by atoms with Crippen LogP contribution in [0.4, 0.5) is 0 Å². The van der Waals surface area contributed by atoms with Crippen molar-refractivity contribution in [2.24, 2.45) is 11.3 Å². The number of allylic oxidation sites excluding steroid dienone is 2. The smallest absolute Gasteiger partial charge is 0.0228 e. The molecular formula is C12H20. The zero-order valence-corrected chi connectivity index (χ0v) is 8.18. The summed E-state index contributed by atoms with van der Waals surface area (Å²) in [5, 5.41) is 0. The lowest BCUT2D eigenvalue weighted by atomic mass is 9.84. The molecule has 0 aromatic rings. The van der Waals surface area contributed by atoms with E-state index < -0.39 is 0 Å². The van der Waals surface area contributed by atoms with Crippen LogP contribution in [0.25, 0.3) is 0 Å². The average Bonchev–Trinajstić information content (AvgIpc) is 2.88. The molecule has 2 aliphatic carbocycles. The second kappa shape index (κ2) is 3.24. The molecule has 0 saturated heterocycles. The van der Waals surface area contributed by atoms with Crippen LogP contribution in [0, 0.1) is 11.3 Å². The Hall–Kier alpha value is -0.260. The van der Waals surface area contributed by atoms with E-state index in [9.17, 15) is 0 Å². The van der Waals surface area contributed by atoms with Crippen LogP contribution >= 0.6 is 0 Å². The van der Waals surface area contributed by atoms with E-state index in [4.69, 9.17) is 0 Å². The SMILES string of the molecule is CCC1(CC2C=CCCC2)CC1. The molecule has 2 aliphatic rings. The molecule has 0 aliphatic heterocycles. The van der Waals surface area contributed by atoms with E-state index in [-0.39, 0.29) is 0 Å². The summed E-state index contributed by atoms with van der Waals surface area (Å²) in [5.74, 6) is 0.932. The molecule has 1 fully saturated rings. The van der Waals surface area contributed by atoms with Gasteiger partial charge in [-0.1, -0.05) is 25.5 Å². The van der Waals surface area contributed by atoms with E-state index in [2.05, 4.69) is 19.1 Å². The van der Waals surface area contributed by atoms with E-state index in [1.807, 2.05) is 0 Å². The molecule has 0 heteroatoms. The van der Waals surface area contributed by atoms with Gasteiger partial charge in [-0.3, -0.25) is 0 Å². The zero-order valence-electron chi connectivity index (χ0n) is 8.18. The molecule has 0 aromatic heterocycles. The lowest BCUT2D eigenvalue weighted by molar-refractivity contribution is 0.359. The van der Waals surface area contributed by atoms with Gasteiger partial charge in [-0.05, 0) is 49.9 Å². The molecular weight excluding hydrogens is 144 g/mol. The average molecular weight is 164 g/mol. The van der Waals surface area contributed by atoms with Gasteiger partial charge >= 0.3 is 0 Å². The molecule has 0 spiro atoms. The Morgan fingerprint density at radius 2 is 2.25 bits per heavy atom. The van der Waals surface area contributed by atoms with Crippen molar-refractivity contribution in [3.63, 3.8) is 0 Å². The molecule has 0 heterocycles. The van der Waals surface area contributed by atoms with Crippen LogP contribution in [-0.2, 0) is 0 Å². The van der Waals surface area contributed by atoms with Crippen molar-refractivity contribution in [2.75, 3.05) is 0 Å². The maximum atomic E-state index is 2.47. The predicted octanol–water partition coefficient (Wildman–Crippen LogP) is 3.92. The monoisotopic (exact) mass is 164 g/mol. The molecule has 1 atom stereocenters. The molecule has 0 aromatic carbocycles. The van der Waals surface area contributed by atoms with Crippen molar-refractivity contribution >= 4 is 0 Å². The number of hydrogen-bond acceptors (Lipinski definition) is 0. The van der Waals surface area contributed by atoms with Gasteiger partial charge in [-0.15, -0.1) is 0 Å². The summed E-state index contributed by atoms with van der Waals surface area (Å²) in [4.78, 5) is 0. The fourth-order valence-corrected chi connectivity index (χ4v) is 2.49. The van der Waals surface area contributed by atoms with Crippen molar-refractivity contribution in [3.8, 4) is 0 Å². The minimum Gasteiger partial charge on any atom is -0.0883 e. The highest BCUT2D eigenvalue weighted by Crippen LogP contribution is 2.54.